The monoisotopic (exact) mass is 1240 g/mol. The Kier molecular flexibility index (Phi) is 24.1. The highest BCUT2D eigenvalue weighted by molar-refractivity contribution is 9.10. The van der Waals surface area contributed by atoms with Crippen LogP contribution in [-0.4, -0.2) is 119 Å². The second kappa shape index (κ2) is 31.2. The van der Waals surface area contributed by atoms with Crippen molar-refractivity contribution in [3.8, 4) is 0 Å². The molecule has 80 heavy (non-hydrogen) atoms. The number of rotatable bonds is 20. The fraction of sp³-hybridized carbons (Fsp3) is 0.971. The summed E-state index contributed by atoms with van der Waals surface area (Å²) >= 11 is 7.60. The van der Waals surface area contributed by atoms with Crippen LogP contribution in [0.25, 0.3) is 0 Å². The molecule has 0 saturated heterocycles. The Balaban J connectivity index is 0.478. The van der Waals surface area contributed by atoms with Crippen molar-refractivity contribution in [3.05, 3.63) is 0 Å². The molecule has 0 spiro atoms. The lowest BCUT2D eigenvalue weighted by atomic mass is 9.75. The lowest BCUT2D eigenvalue weighted by molar-refractivity contribution is -0.133. The number of alkyl halides is 2. The second-order valence-electron chi connectivity index (χ2n) is 28.5. The number of hydrogen-bond donors (Lipinski definition) is 0. The topological polar surface area (TPSA) is 108 Å². The van der Waals surface area contributed by atoms with E-state index in [0.29, 0.717) is 107 Å². The molecule has 0 bridgehead atoms. The second-order valence-corrected chi connectivity index (χ2v) is 31.0. The molecule has 456 valence electrons. The Morgan fingerprint density at radius 2 is 0.425 bits per heavy atom. The van der Waals surface area contributed by atoms with Crippen LogP contribution >= 0.6 is 31.9 Å². The predicted octanol–water partition coefficient (Wildman–Crippen LogP) is 16.5. The third kappa shape index (κ3) is 18.3. The van der Waals surface area contributed by atoms with Gasteiger partial charge >= 0.3 is 0 Å². The van der Waals surface area contributed by atoms with Gasteiger partial charge in [0, 0.05) is 33.3 Å². The Morgan fingerprint density at radius 3 is 0.662 bits per heavy atom. The minimum Gasteiger partial charge on any atom is -0.375 e. The van der Waals surface area contributed by atoms with Crippen molar-refractivity contribution in [1.29, 1.82) is 0 Å². The van der Waals surface area contributed by atoms with E-state index >= 15 is 0 Å². The highest BCUT2D eigenvalue weighted by Crippen LogP contribution is 2.42. The number of carbonyl (C=O) groups excluding carboxylic acids is 2. The van der Waals surface area contributed by atoms with Crippen molar-refractivity contribution >= 4 is 43.4 Å². The number of carbonyl (C=O) groups is 2. The van der Waals surface area contributed by atoms with Crippen LogP contribution in [0.4, 0.5) is 0 Å². The van der Waals surface area contributed by atoms with E-state index in [-0.39, 0.29) is 35.9 Å². The van der Waals surface area contributed by atoms with Gasteiger partial charge in [-0.2, -0.15) is 0 Å². The van der Waals surface area contributed by atoms with Gasteiger partial charge in [0.15, 0.2) is 0 Å². The Labute approximate surface area is 501 Å². The number of Topliss-reactive ketones (excluding diaryl/α,β-unsaturated/α-hetero) is 2. The van der Waals surface area contributed by atoms with Gasteiger partial charge in [-0.15, -0.1) is 0 Å². The quantitative estimate of drug-likeness (QED) is 0.109. The van der Waals surface area contributed by atoms with Crippen LogP contribution in [0.3, 0.4) is 0 Å². The average Bonchev–Trinajstić information content (AvgIpc) is 3.50. The minimum absolute atomic E-state index is 0.153. The first-order valence-electron chi connectivity index (χ1n) is 34.8. The maximum atomic E-state index is 13.7. The molecule has 0 aliphatic heterocycles. The van der Waals surface area contributed by atoms with Crippen LogP contribution < -0.4 is 0 Å². The molecule has 0 amide bonds. The molecule has 0 N–H and O–H groups in total. The smallest absolute Gasteiger partial charge is 0.140 e. The van der Waals surface area contributed by atoms with Crippen LogP contribution in [0.2, 0.25) is 0 Å². The highest BCUT2D eigenvalue weighted by Gasteiger charge is 2.41. The summed E-state index contributed by atoms with van der Waals surface area (Å²) in [6, 6.07) is 0. The van der Waals surface area contributed by atoms with Crippen LogP contribution in [0.15, 0.2) is 0 Å². The molecule has 10 nitrogen and oxygen atoms in total. The average molecular weight is 1250 g/mol. The van der Waals surface area contributed by atoms with E-state index in [2.05, 4.69) is 31.9 Å². The Morgan fingerprint density at radius 1 is 0.225 bits per heavy atom. The summed E-state index contributed by atoms with van der Waals surface area (Å²) in [6.07, 6.45) is 55.3. The minimum atomic E-state index is 0.153. The Hall–Kier alpha value is -0.0200. The first kappa shape index (κ1) is 61.6. The number of ether oxygens (including phenoxy) is 8. The molecule has 0 aromatic carbocycles. The zero-order valence-electron chi connectivity index (χ0n) is 49.7. The van der Waals surface area contributed by atoms with Crippen LogP contribution in [0.5, 0.6) is 0 Å². The largest absolute Gasteiger partial charge is 0.375 e. The molecular weight excluding hydrogens is 1140 g/mol. The molecule has 11 aliphatic rings. The molecule has 11 aliphatic carbocycles. The van der Waals surface area contributed by atoms with Crippen molar-refractivity contribution < 1.29 is 47.5 Å². The molecule has 11 rings (SSSR count). The van der Waals surface area contributed by atoms with E-state index in [1.807, 2.05) is 0 Å². The maximum absolute atomic E-state index is 13.7. The summed E-state index contributed by atoms with van der Waals surface area (Å²) < 4.78 is 53.6. The van der Waals surface area contributed by atoms with Crippen molar-refractivity contribution in [2.75, 3.05) is 0 Å². The summed E-state index contributed by atoms with van der Waals surface area (Å²) in [5, 5.41) is 0. The van der Waals surface area contributed by atoms with Crippen molar-refractivity contribution in [3.63, 3.8) is 0 Å². The maximum Gasteiger partial charge on any atom is 0.140 e. The van der Waals surface area contributed by atoms with Gasteiger partial charge in [-0.3, -0.25) is 9.59 Å². The normalized spacial score (nSPS) is 44.0. The van der Waals surface area contributed by atoms with Gasteiger partial charge in [-0.05, 0) is 263 Å². The molecule has 12 heteroatoms. The number of halogens is 2. The molecule has 0 aromatic rings. The molecule has 11 saturated carbocycles. The zero-order chi connectivity index (χ0) is 54.6. The van der Waals surface area contributed by atoms with E-state index in [0.717, 1.165) is 225 Å². The summed E-state index contributed by atoms with van der Waals surface area (Å²) in [6.45, 7) is 0. The molecule has 0 aromatic heterocycles. The molecule has 3 unspecified atom stereocenters. The van der Waals surface area contributed by atoms with Crippen LogP contribution in [0, 0.1) is 23.7 Å². The lowest BCUT2D eigenvalue weighted by Gasteiger charge is -2.39. The zero-order valence-corrected chi connectivity index (χ0v) is 52.8. The fourth-order valence-corrected chi connectivity index (χ4v) is 19.1. The van der Waals surface area contributed by atoms with E-state index in [1.165, 1.54) is 57.8 Å². The Bertz CT molecular complexity index is 1800. The summed E-state index contributed by atoms with van der Waals surface area (Å²) in [5.41, 5.74) is 0. The molecule has 11 fully saturated rings. The van der Waals surface area contributed by atoms with Gasteiger partial charge in [0.1, 0.15) is 11.6 Å². The molecule has 0 radical (unpaired) electrons. The number of hydrogen-bond acceptors (Lipinski definition) is 10. The van der Waals surface area contributed by atoms with E-state index in [9.17, 15) is 9.59 Å². The lowest BCUT2D eigenvalue weighted by Crippen LogP contribution is -2.38. The summed E-state index contributed by atoms with van der Waals surface area (Å²) in [4.78, 5) is 28.0. The van der Waals surface area contributed by atoms with Gasteiger partial charge in [0.05, 0.1) is 97.7 Å². The first-order valence-corrected chi connectivity index (χ1v) is 36.6. The highest BCUT2D eigenvalue weighted by atomic mass is 79.9. The predicted molar refractivity (Wildman–Crippen MR) is 322 cm³/mol. The van der Waals surface area contributed by atoms with Crippen molar-refractivity contribution in [1.82, 2.24) is 0 Å². The van der Waals surface area contributed by atoms with Gasteiger partial charge < -0.3 is 37.9 Å². The van der Waals surface area contributed by atoms with E-state index in [4.69, 9.17) is 37.9 Å². The molecule has 3 atom stereocenters. The third-order valence-electron chi connectivity index (χ3n) is 22.7. The van der Waals surface area contributed by atoms with Gasteiger partial charge in [-0.25, -0.2) is 0 Å². The summed E-state index contributed by atoms with van der Waals surface area (Å²) in [5.74, 6) is 1.78. The third-order valence-corrected chi connectivity index (χ3v) is 24.6. The van der Waals surface area contributed by atoms with Gasteiger partial charge in [-0.1, -0.05) is 51.1 Å². The van der Waals surface area contributed by atoms with Crippen molar-refractivity contribution in [2.45, 2.75) is 390 Å². The van der Waals surface area contributed by atoms with Crippen LogP contribution in [-0.2, 0) is 47.5 Å². The fourth-order valence-electron chi connectivity index (χ4n) is 17.7. The first-order chi connectivity index (χ1) is 39.2. The van der Waals surface area contributed by atoms with Gasteiger partial charge in [0.25, 0.3) is 0 Å². The van der Waals surface area contributed by atoms with Crippen molar-refractivity contribution in [2.24, 2.45) is 23.7 Å². The number of ketones is 2. The van der Waals surface area contributed by atoms with Gasteiger partial charge in [0.2, 0.25) is 0 Å². The standard InChI is InChI=1S/C68H110Br2O10/c69-48-12-43-66(70)65(44-48)68(72)47-10-17-52(18-11-47)74-50-13-6-45(7-14-50)67(71)46-8-15-51(16-9-46)75-54-23-25-56(26-24-54)77-58-31-33-60(34-32-58)79-62-39-41-64(42-40-62)80-63-37-35-61(36-38-63)78-59-29-27-57(28-30-59)76-55-21-19-53(20-22-55)73-49-4-2-1-3-5-49/h45-66H,1-44H2. The SMILES string of the molecule is O=C(C1CCC(OC2CCC(OC3CCC(OC4CCC(OC5CCC(OC6CCC(OC7CCC(OC8CCCCC8)CC7)CC6)CC5)CC4)CC3)CC2)CC1)C1CCC(OC2CCC(C(=O)C3CC(Br)CCC3Br)CC2)CC1. The summed E-state index contributed by atoms with van der Waals surface area (Å²) in [7, 11) is 0. The molecule has 0 heterocycles. The van der Waals surface area contributed by atoms with E-state index in [1.54, 1.807) is 0 Å². The van der Waals surface area contributed by atoms with Crippen LogP contribution in [0.1, 0.15) is 283 Å². The molecular formula is C68H110Br2O10. The van der Waals surface area contributed by atoms with E-state index < -0.39 is 0 Å².